The number of hydrogen-bond donors (Lipinski definition) is 1. The zero-order chi connectivity index (χ0) is 14.5. The van der Waals surface area contributed by atoms with Gasteiger partial charge in [0.05, 0.1) is 5.54 Å². The Morgan fingerprint density at radius 2 is 1.68 bits per heavy atom. The highest BCUT2D eigenvalue weighted by molar-refractivity contribution is 5.66. The molecule has 104 valence electrons. The zero-order valence-electron chi connectivity index (χ0n) is 12.1. The van der Waals surface area contributed by atoms with Gasteiger partial charge >= 0.3 is 5.97 Å². The molecule has 1 atom stereocenters. The van der Waals surface area contributed by atoms with Crippen LogP contribution in [0.15, 0.2) is 40.6 Å². The first-order valence-electron chi connectivity index (χ1n) is 6.44. The van der Waals surface area contributed by atoms with Crippen molar-refractivity contribution in [3.05, 3.63) is 35.9 Å². The summed E-state index contributed by atoms with van der Waals surface area (Å²) < 4.78 is 0. The van der Waals surface area contributed by atoms with Gasteiger partial charge in [-0.1, -0.05) is 30.3 Å². The van der Waals surface area contributed by atoms with Gasteiger partial charge in [0.25, 0.3) is 0 Å². The summed E-state index contributed by atoms with van der Waals surface area (Å²) in [6.07, 6.45) is 0.514. The summed E-state index contributed by atoms with van der Waals surface area (Å²) in [6.45, 7) is 7.85. The van der Waals surface area contributed by atoms with Gasteiger partial charge in [-0.05, 0) is 39.7 Å². The molecule has 0 saturated carbocycles. The number of benzene rings is 1. The lowest BCUT2D eigenvalue weighted by Crippen LogP contribution is -2.22. The predicted molar refractivity (Wildman–Crippen MR) is 75.3 cm³/mol. The van der Waals surface area contributed by atoms with Crippen molar-refractivity contribution in [2.24, 2.45) is 10.2 Å². The Labute approximate surface area is 114 Å². The summed E-state index contributed by atoms with van der Waals surface area (Å²) in [7, 11) is 0. The lowest BCUT2D eigenvalue weighted by molar-refractivity contribution is -0.137. The molecule has 0 saturated heterocycles. The van der Waals surface area contributed by atoms with Crippen LogP contribution in [-0.2, 0) is 10.3 Å². The summed E-state index contributed by atoms with van der Waals surface area (Å²) in [5, 5.41) is 17.6. The van der Waals surface area contributed by atoms with Gasteiger partial charge < -0.3 is 5.11 Å². The van der Waals surface area contributed by atoms with Crippen molar-refractivity contribution in [1.82, 2.24) is 0 Å². The average Bonchev–Trinajstić information content (AvgIpc) is 2.34. The van der Waals surface area contributed by atoms with Crippen LogP contribution < -0.4 is 0 Å². The first-order valence-corrected chi connectivity index (χ1v) is 6.44. The third-order valence-corrected chi connectivity index (χ3v) is 2.79. The summed E-state index contributed by atoms with van der Waals surface area (Å²) in [5.41, 5.74) is 0.135. The molecule has 0 aliphatic heterocycles. The maximum absolute atomic E-state index is 10.8. The minimum atomic E-state index is -0.812. The van der Waals surface area contributed by atoms with Crippen LogP contribution in [0.4, 0.5) is 0 Å². The fourth-order valence-corrected chi connectivity index (χ4v) is 1.66. The molecule has 0 aliphatic carbocycles. The van der Waals surface area contributed by atoms with Gasteiger partial charge in [0.2, 0.25) is 0 Å². The van der Waals surface area contributed by atoms with E-state index in [1.807, 2.05) is 58.0 Å². The van der Waals surface area contributed by atoms with Crippen molar-refractivity contribution >= 4 is 5.97 Å². The fraction of sp³-hybridized carbons (Fsp3) is 0.533. The summed E-state index contributed by atoms with van der Waals surface area (Å²) in [4.78, 5) is 10.8. The second-order valence-electron chi connectivity index (χ2n) is 5.90. The van der Waals surface area contributed by atoms with E-state index in [9.17, 15) is 4.79 Å². The molecule has 0 heterocycles. The van der Waals surface area contributed by atoms with Crippen molar-refractivity contribution in [2.45, 2.75) is 51.6 Å². The van der Waals surface area contributed by atoms with Gasteiger partial charge in [-0.25, -0.2) is 0 Å². The van der Waals surface area contributed by atoms with E-state index >= 15 is 0 Å². The number of azo groups is 1. The summed E-state index contributed by atoms with van der Waals surface area (Å²) >= 11 is 0. The Bertz CT molecular complexity index is 449. The van der Waals surface area contributed by atoms with Crippen LogP contribution in [0.3, 0.4) is 0 Å². The molecule has 0 aliphatic rings. The van der Waals surface area contributed by atoms with E-state index in [1.165, 1.54) is 0 Å². The van der Waals surface area contributed by atoms with E-state index in [4.69, 9.17) is 5.11 Å². The highest BCUT2D eigenvalue weighted by atomic mass is 16.4. The van der Waals surface area contributed by atoms with Gasteiger partial charge in [-0.2, -0.15) is 10.2 Å². The second-order valence-corrected chi connectivity index (χ2v) is 5.90. The normalized spacial score (nSPS) is 15.4. The van der Waals surface area contributed by atoms with E-state index in [2.05, 4.69) is 10.2 Å². The molecular formula is C15H22N2O2. The number of hydrogen-bond acceptors (Lipinski definition) is 3. The van der Waals surface area contributed by atoms with Crippen LogP contribution in [0.2, 0.25) is 0 Å². The van der Waals surface area contributed by atoms with Crippen molar-refractivity contribution in [2.75, 3.05) is 0 Å². The minimum Gasteiger partial charge on any atom is -0.481 e. The van der Waals surface area contributed by atoms with E-state index in [0.29, 0.717) is 6.42 Å². The molecular weight excluding hydrogens is 240 g/mol. The van der Waals surface area contributed by atoms with E-state index in [-0.39, 0.29) is 12.0 Å². The molecule has 0 amide bonds. The van der Waals surface area contributed by atoms with Crippen LogP contribution in [-0.4, -0.2) is 16.6 Å². The highest BCUT2D eigenvalue weighted by Gasteiger charge is 2.28. The van der Waals surface area contributed by atoms with Gasteiger partial charge in [0.1, 0.15) is 5.54 Å². The smallest absolute Gasteiger partial charge is 0.303 e. The first-order chi connectivity index (χ1) is 8.73. The quantitative estimate of drug-likeness (QED) is 0.815. The topological polar surface area (TPSA) is 62.0 Å². The van der Waals surface area contributed by atoms with Crippen LogP contribution in [0.5, 0.6) is 0 Å². The van der Waals surface area contributed by atoms with Gasteiger partial charge in [-0.3, -0.25) is 4.79 Å². The molecule has 19 heavy (non-hydrogen) atoms. The molecule has 0 spiro atoms. The largest absolute Gasteiger partial charge is 0.481 e. The molecule has 1 N–H and O–H groups in total. The number of carboxylic acid groups (broad SMARTS) is 1. The van der Waals surface area contributed by atoms with E-state index < -0.39 is 11.5 Å². The Morgan fingerprint density at radius 3 is 2.16 bits per heavy atom. The standard InChI is InChI=1S/C15H22N2O2/c1-14(2,3)16-17-15(4,11-10-13(18)19)12-8-6-5-7-9-12/h5-9H,10-11H2,1-4H3,(H,18,19). The fourth-order valence-electron chi connectivity index (χ4n) is 1.66. The molecule has 4 nitrogen and oxygen atoms in total. The van der Waals surface area contributed by atoms with Crippen LogP contribution in [0, 0.1) is 0 Å². The Balaban J connectivity index is 3.03. The first kappa shape index (κ1) is 15.3. The van der Waals surface area contributed by atoms with Crippen LogP contribution >= 0.6 is 0 Å². The highest BCUT2D eigenvalue weighted by Crippen LogP contribution is 2.32. The van der Waals surface area contributed by atoms with Crippen molar-refractivity contribution in [3.63, 3.8) is 0 Å². The molecule has 1 rings (SSSR count). The van der Waals surface area contributed by atoms with Crippen LogP contribution in [0.1, 0.15) is 46.1 Å². The molecule has 0 bridgehead atoms. The molecule has 1 aromatic carbocycles. The van der Waals surface area contributed by atoms with Gasteiger partial charge in [0.15, 0.2) is 0 Å². The molecule has 0 radical (unpaired) electrons. The maximum Gasteiger partial charge on any atom is 0.303 e. The van der Waals surface area contributed by atoms with Crippen molar-refractivity contribution < 1.29 is 9.90 Å². The zero-order valence-corrected chi connectivity index (χ0v) is 12.1. The van der Waals surface area contributed by atoms with Gasteiger partial charge in [-0.15, -0.1) is 0 Å². The molecule has 1 aromatic rings. The summed E-state index contributed by atoms with van der Waals surface area (Å²) in [5.74, 6) is -0.812. The Hall–Kier alpha value is -1.71. The van der Waals surface area contributed by atoms with Crippen molar-refractivity contribution in [1.29, 1.82) is 0 Å². The van der Waals surface area contributed by atoms with Crippen molar-refractivity contribution in [3.8, 4) is 0 Å². The van der Waals surface area contributed by atoms with E-state index in [0.717, 1.165) is 5.56 Å². The van der Waals surface area contributed by atoms with Crippen LogP contribution in [0.25, 0.3) is 0 Å². The Morgan fingerprint density at radius 1 is 1.11 bits per heavy atom. The van der Waals surface area contributed by atoms with Gasteiger partial charge in [0, 0.05) is 6.42 Å². The monoisotopic (exact) mass is 262 g/mol. The number of nitrogens with zero attached hydrogens (tertiary/aromatic N) is 2. The molecule has 1 unspecified atom stereocenters. The molecule has 0 aromatic heterocycles. The average molecular weight is 262 g/mol. The van der Waals surface area contributed by atoms with E-state index in [1.54, 1.807) is 0 Å². The second kappa shape index (κ2) is 5.95. The Kier molecular flexibility index (Phi) is 4.81. The number of aliphatic carboxylic acids is 1. The maximum atomic E-state index is 10.8. The third-order valence-electron chi connectivity index (χ3n) is 2.79. The number of rotatable bonds is 5. The molecule has 0 fully saturated rings. The number of carbonyl (C=O) groups is 1. The molecule has 4 heteroatoms. The number of carboxylic acids is 1. The summed E-state index contributed by atoms with van der Waals surface area (Å²) in [6, 6.07) is 9.72. The SMILES string of the molecule is CC(C)(C)N=NC(C)(CCC(=O)O)c1ccccc1. The minimum absolute atomic E-state index is 0.0779. The lowest BCUT2D eigenvalue weighted by atomic mass is 9.88. The predicted octanol–water partition coefficient (Wildman–Crippen LogP) is 4.02. The lowest BCUT2D eigenvalue weighted by Gasteiger charge is -2.25. The third kappa shape index (κ3) is 5.20.